The maximum Gasteiger partial charge on any atom is 0.353 e. The van der Waals surface area contributed by atoms with Crippen LogP contribution in [-0.2, 0) is 20.4 Å². The summed E-state index contributed by atoms with van der Waals surface area (Å²) in [4.78, 5) is 22.5. The average molecular weight is 590 g/mol. The van der Waals surface area contributed by atoms with Crippen LogP contribution in [-0.4, -0.2) is 43.5 Å². The number of aromatic nitrogens is 4. The Kier molecular flexibility index (Phi) is 15.7. The molecule has 2 aromatic heterocycles. The summed E-state index contributed by atoms with van der Waals surface area (Å²) in [7, 11) is -3.79. The number of nitrogens with zero attached hydrogens (tertiary/aromatic N) is 4. The zero-order valence-corrected chi connectivity index (χ0v) is 26.0. The van der Waals surface area contributed by atoms with E-state index in [1.807, 2.05) is 6.92 Å². The number of anilines is 1. The van der Waals surface area contributed by atoms with Gasteiger partial charge in [0.25, 0.3) is 0 Å². The molecule has 3 rings (SSSR count). The smallest absolute Gasteiger partial charge is 0.353 e. The average Bonchev–Trinajstić information content (AvgIpc) is 3.38. The fraction of sp³-hybridized carbons (Fsp3) is 0.774. The Balaban J connectivity index is 1.09. The number of rotatable bonds is 20. The standard InChI is InChI=1S/C31H52N5O4P/c1-27(23-36-25-35-29-30(32)33-24-34-31(29)36)39-26-41(37,38)40-22-18-13-11-9-7-5-3-2-4-6-8-10-12-15-19-28-20-16-14-17-21-28/h24-25,27-28H,2-14,16-18,20-23,26H2,1H3,(H,37,38)(H2,32,33,34)/t27-/m1/s1. The number of hydrogen-bond acceptors (Lipinski definition) is 7. The number of ether oxygens (including phenoxy) is 1. The quantitative estimate of drug-likeness (QED) is 0.0917. The van der Waals surface area contributed by atoms with Crippen molar-refractivity contribution in [1.29, 1.82) is 0 Å². The highest BCUT2D eigenvalue weighted by Crippen LogP contribution is 2.42. The Morgan fingerprint density at radius 1 is 0.976 bits per heavy atom. The molecular formula is C31H52N5O4P. The van der Waals surface area contributed by atoms with Gasteiger partial charge in [0.05, 0.1) is 25.6 Å². The maximum atomic E-state index is 12.3. The van der Waals surface area contributed by atoms with Crippen LogP contribution < -0.4 is 5.73 Å². The Morgan fingerprint density at radius 2 is 1.61 bits per heavy atom. The van der Waals surface area contributed by atoms with Crippen molar-refractivity contribution in [2.45, 2.75) is 135 Å². The van der Waals surface area contributed by atoms with E-state index in [-0.39, 0.29) is 19.1 Å². The van der Waals surface area contributed by atoms with Gasteiger partial charge < -0.3 is 24.5 Å². The number of nitrogens with two attached hydrogens (primary N) is 1. The summed E-state index contributed by atoms with van der Waals surface area (Å²) in [5.41, 5.74) is 6.95. The minimum atomic E-state index is -3.79. The molecule has 2 atom stereocenters. The van der Waals surface area contributed by atoms with E-state index >= 15 is 0 Å². The second-order valence-electron chi connectivity index (χ2n) is 11.6. The van der Waals surface area contributed by atoms with Crippen LogP contribution in [0.1, 0.15) is 122 Å². The van der Waals surface area contributed by atoms with Gasteiger partial charge in [-0.3, -0.25) is 4.57 Å². The Labute approximate surface area is 246 Å². The van der Waals surface area contributed by atoms with Gasteiger partial charge in [0.15, 0.2) is 11.5 Å². The third kappa shape index (κ3) is 13.7. The molecule has 41 heavy (non-hydrogen) atoms. The van der Waals surface area contributed by atoms with Crippen LogP contribution in [0.4, 0.5) is 5.82 Å². The molecule has 1 saturated carbocycles. The van der Waals surface area contributed by atoms with Gasteiger partial charge in [0, 0.05) is 12.3 Å². The molecule has 2 heterocycles. The number of nitrogen functional groups attached to an aromatic ring is 1. The van der Waals surface area contributed by atoms with E-state index in [1.54, 1.807) is 10.9 Å². The summed E-state index contributed by atoms with van der Waals surface area (Å²) < 4.78 is 25.0. The lowest BCUT2D eigenvalue weighted by Crippen LogP contribution is -2.17. The molecule has 230 valence electrons. The van der Waals surface area contributed by atoms with Crippen molar-refractivity contribution < 1.29 is 18.7 Å². The molecule has 1 aliphatic rings. The molecular weight excluding hydrogens is 537 g/mol. The van der Waals surface area contributed by atoms with E-state index in [9.17, 15) is 9.46 Å². The van der Waals surface area contributed by atoms with Gasteiger partial charge >= 0.3 is 7.60 Å². The molecule has 9 nitrogen and oxygen atoms in total. The molecule has 0 amide bonds. The minimum Gasteiger partial charge on any atom is -0.382 e. The normalized spacial score (nSPS) is 16.3. The van der Waals surface area contributed by atoms with E-state index < -0.39 is 7.60 Å². The van der Waals surface area contributed by atoms with Gasteiger partial charge in [-0.05, 0) is 32.6 Å². The molecule has 1 fully saturated rings. The van der Waals surface area contributed by atoms with Crippen LogP contribution in [0.15, 0.2) is 12.7 Å². The van der Waals surface area contributed by atoms with Crippen molar-refractivity contribution in [2.24, 2.45) is 5.92 Å². The lowest BCUT2D eigenvalue weighted by atomic mass is 9.90. The minimum absolute atomic E-state index is 0.278. The second kappa shape index (κ2) is 19.3. The summed E-state index contributed by atoms with van der Waals surface area (Å²) in [5, 5.41) is 0. The van der Waals surface area contributed by atoms with Gasteiger partial charge in [-0.15, -0.1) is 5.92 Å². The lowest BCUT2D eigenvalue weighted by molar-refractivity contribution is 0.0715. The van der Waals surface area contributed by atoms with E-state index in [4.69, 9.17) is 15.0 Å². The van der Waals surface area contributed by atoms with Crippen molar-refractivity contribution in [1.82, 2.24) is 19.5 Å². The van der Waals surface area contributed by atoms with Crippen molar-refractivity contribution >= 4 is 24.6 Å². The summed E-state index contributed by atoms with van der Waals surface area (Å²) in [6.45, 7) is 2.52. The number of imidazole rings is 1. The zero-order valence-electron chi connectivity index (χ0n) is 25.1. The van der Waals surface area contributed by atoms with E-state index in [0.717, 1.165) is 25.7 Å². The molecule has 0 aromatic carbocycles. The Bertz CT molecular complexity index is 1110. The van der Waals surface area contributed by atoms with Crippen LogP contribution in [0.3, 0.4) is 0 Å². The van der Waals surface area contributed by atoms with Crippen molar-refractivity contribution in [2.75, 3.05) is 18.7 Å². The highest BCUT2D eigenvalue weighted by Gasteiger charge is 2.21. The molecule has 2 aromatic rings. The van der Waals surface area contributed by atoms with Crippen LogP contribution in [0.2, 0.25) is 0 Å². The van der Waals surface area contributed by atoms with Crippen LogP contribution in [0.25, 0.3) is 11.2 Å². The van der Waals surface area contributed by atoms with Gasteiger partial charge in [-0.25, -0.2) is 15.0 Å². The van der Waals surface area contributed by atoms with Gasteiger partial charge in [-0.1, -0.05) is 89.4 Å². The third-order valence-corrected chi connectivity index (χ3v) is 8.87. The fourth-order valence-corrected chi connectivity index (χ4v) is 6.31. The summed E-state index contributed by atoms with van der Waals surface area (Å²) in [5.74, 6) is 7.94. The SMILES string of the molecule is C[C@H](Cn1cnc2c(N)ncnc21)OCP(=O)(O)OCCCCCCCCCCCCCCC#CC1CCCCC1. The first kappa shape index (κ1) is 33.5. The predicted octanol–water partition coefficient (Wildman–Crippen LogP) is 7.63. The van der Waals surface area contributed by atoms with Gasteiger partial charge in [0.1, 0.15) is 18.2 Å². The van der Waals surface area contributed by atoms with E-state index in [2.05, 4.69) is 26.8 Å². The summed E-state index contributed by atoms with van der Waals surface area (Å²) in [6.07, 6.45) is 24.9. The maximum absolute atomic E-state index is 12.3. The van der Waals surface area contributed by atoms with E-state index in [1.165, 1.54) is 96.2 Å². The van der Waals surface area contributed by atoms with Gasteiger partial charge in [0.2, 0.25) is 0 Å². The summed E-state index contributed by atoms with van der Waals surface area (Å²) >= 11 is 0. The molecule has 1 unspecified atom stereocenters. The highest BCUT2D eigenvalue weighted by atomic mass is 31.2. The monoisotopic (exact) mass is 589 g/mol. The number of hydrogen-bond donors (Lipinski definition) is 2. The molecule has 0 aliphatic heterocycles. The molecule has 0 spiro atoms. The highest BCUT2D eigenvalue weighted by molar-refractivity contribution is 7.52. The second-order valence-corrected chi connectivity index (χ2v) is 13.3. The first-order valence-electron chi connectivity index (χ1n) is 15.9. The first-order valence-corrected chi connectivity index (χ1v) is 17.7. The number of fused-ring (bicyclic) bond motifs is 1. The molecule has 10 heteroatoms. The molecule has 3 N–H and O–H groups in total. The topological polar surface area (TPSA) is 125 Å². The van der Waals surface area contributed by atoms with Crippen molar-refractivity contribution in [3.05, 3.63) is 12.7 Å². The van der Waals surface area contributed by atoms with Crippen molar-refractivity contribution in [3.8, 4) is 11.8 Å². The third-order valence-electron chi connectivity index (χ3n) is 7.81. The molecule has 0 bridgehead atoms. The van der Waals surface area contributed by atoms with Crippen LogP contribution in [0.5, 0.6) is 0 Å². The van der Waals surface area contributed by atoms with Crippen LogP contribution >= 0.6 is 7.60 Å². The Hall–Kier alpha value is -1.98. The van der Waals surface area contributed by atoms with E-state index in [0.29, 0.717) is 29.4 Å². The van der Waals surface area contributed by atoms with Gasteiger partial charge in [-0.2, -0.15) is 0 Å². The lowest BCUT2D eigenvalue weighted by Gasteiger charge is -2.17. The molecule has 1 aliphatic carbocycles. The van der Waals surface area contributed by atoms with Crippen LogP contribution in [0, 0.1) is 17.8 Å². The Morgan fingerprint density at radius 3 is 2.29 bits per heavy atom. The zero-order chi connectivity index (χ0) is 29.2. The molecule has 0 radical (unpaired) electrons. The first-order chi connectivity index (χ1) is 19.9. The van der Waals surface area contributed by atoms with Crippen molar-refractivity contribution in [3.63, 3.8) is 0 Å². The fourth-order valence-electron chi connectivity index (χ4n) is 5.37. The number of unbranched alkanes of at least 4 members (excludes halogenated alkanes) is 12. The summed E-state index contributed by atoms with van der Waals surface area (Å²) in [6, 6.07) is 0. The predicted molar refractivity (Wildman–Crippen MR) is 165 cm³/mol. The largest absolute Gasteiger partial charge is 0.382 e. The molecule has 0 saturated heterocycles.